The van der Waals surface area contributed by atoms with Gasteiger partial charge in [0.05, 0.1) is 21.2 Å². The molecule has 38 heavy (non-hydrogen) atoms. The number of likely N-dealkylation sites (N-methyl/N-ethyl adjacent to an activating group) is 2. The molecule has 0 bridgehead atoms. The zero-order chi connectivity index (χ0) is 27.3. The van der Waals surface area contributed by atoms with E-state index >= 15 is 0 Å². The number of benzene rings is 2. The van der Waals surface area contributed by atoms with Crippen molar-refractivity contribution < 1.29 is 17.9 Å². The van der Waals surface area contributed by atoms with Crippen LogP contribution in [0.5, 0.6) is 0 Å². The quantitative estimate of drug-likeness (QED) is 0.322. The average Bonchev–Trinajstić information content (AvgIpc) is 3.60. The van der Waals surface area contributed by atoms with Crippen LogP contribution in [0.1, 0.15) is 49.5 Å². The third-order valence-electron chi connectivity index (χ3n) is 7.15. The fourth-order valence-corrected chi connectivity index (χ4v) is 6.89. The summed E-state index contributed by atoms with van der Waals surface area (Å²) >= 11 is 1.51. The number of anilines is 1. The number of rotatable bonds is 12. The molecule has 10 heteroatoms. The monoisotopic (exact) mass is 558 g/mol. The fraction of sp³-hybridized carbons (Fsp3) is 0.500. The van der Waals surface area contributed by atoms with Crippen molar-refractivity contribution in [1.82, 2.24) is 14.2 Å². The zero-order valence-corrected chi connectivity index (χ0v) is 24.4. The smallest absolute Gasteiger partial charge is 0.260 e. The summed E-state index contributed by atoms with van der Waals surface area (Å²) in [6, 6.07) is 12.4. The van der Waals surface area contributed by atoms with Gasteiger partial charge in [-0.05, 0) is 74.3 Å². The maximum atomic E-state index is 13.8. The highest BCUT2D eigenvalue weighted by Gasteiger charge is 2.27. The number of aromatic nitrogens is 1. The molecule has 1 amide bonds. The number of nitrogens with zero attached hydrogens (tertiary/aromatic N) is 4. The third kappa shape index (κ3) is 6.43. The van der Waals surface area contributed by atoms with E-state index < -0.39 is 10.0 Å². The highest BCUT2D eigenvalue weighted by Crippen LogP contribution is 2.31. The van der Waals surface area contributed by atoms with Crippen molar-refractivity contribution in [2.75, 3.05) is 51.3 Å². The van der Waals surface area contributed by atoms with Gasteiger partial charge in [0.25, 0.3) is 5.91 Å². The van der Waals surface area contributed by atoms with Crippen molar-refractivity contribution in [2.45, 2.75) is 51.0 Å². The fourth-order valence-electron chi connectivity index (χ4n) is 4.64. The molecule has 1 saturated heterocycles. The van der Waals surface area contributed by atoms with Crippen LogP contribution in [0.2, 0.25) is 0 Å². The SMILES string of the molecule is CCc1ccc2nc(N(CCN(CC)CC)C(=O)c3ccc(S(=O)(=O)N(C)CC4CCCO4)cc3)sc2c1. The molecule has 2 aromatic carbocycles. The molecule has 1 aromatic heterocycles. The maximum absolute atomic E-state index is 13.8. The zero-order valence-electron chi connectivity index (χ0n) is 22.7. The minimum Gasteiger partial charge on any atom is -0.377 e. The lowest BCUT2D eigenvalue weighted by atomic mass is 10.2. The number of hydrogen-bond donors (Lipinski definition) is 0. The molecule has 0 radical (unpaired) electrons. The molecule has 0 spiro atoms. The summed E-state index contributed by atoms with van der Waals surface area (Å²) in [6.07, 6.45) is 2.68. The minimum absolute atomic E-state index is 0.0720. The van der Waals surface area contributed by atoms with Gasteiger partial charge in [-0.3, -0.25) is 9.69 Å². The average molecular weight is 559 g/mol. The first kappa shape index (κ1) is 28.6. The Morgan fingerprint density at radius 1 is 1.08 bits per heavy atom. The first-order chi connectivity index (χ1) is 18.3. The molecule has 1 fully saturated rings. The molecular formula is C28H38N4O4S2. The summed E-state index contributed by atoms with van der Waals surface area (Å²) in [4.78, 5) is 22.7. The summed E-state index contributed by atoms with van der Waals surface area (Å²) in [5.74, 6) is -0.191. The Morgan fingerprint density at radius 3 is 2.45 bits per heavy atom. The van der Waals surface area contributed by atoms with E-state index in [0.29, 0.717) is 30.4 Å². The van der Waals surface area contributed by atoms with Crippen molar-refractivity contribution >= 4 is 42.6 Å². The van der Waals surface area contributed by atoms with Crippen LogP contribution in [0.3, 0.4) is 0 Å². The van der Waals surface area contributed by atoms with Gasteiger partial charge in [0, 0.05) is 38.9 Å². The van der Waals surface area contributed by atoms with Gasteiger partial charge in [0.2, 0.25) is 10.0 Å². The van der Waals surface area contributed by atoms with Crippen LogP contribution >= 0.6 is 11.3 Å². The molecule has 2 heterocycles. The Kier molecular flexibility index (Phi) is 9.54. The van der Waals surface area contributed by atoms with Gasteiger partial charge >= 0.3 is 0 Å². The van der Waals surface area contributed by atoms with Crippen LogP contribution in [0.25, 0.3) is 10.2 Å². The minimum atomic E-state index is -3.68. The molecule has 1 aliphatic heterocycles. The molecule has 8 nitrogen and oxygen atoms in total. The van der Waals surface area contributed by atoms with Crippen molar-refractivity contribution in [2.24, 2.45) is 0 Å². The number of carbonyl (C=O) groups is 1. The van der Waals surface area contributed by atoms with E-state index in [2.05, 4.69) is 37.8 Å². The predicted molar refractivity (Wildman–Crippen MR) is 154 cm³/mol. The molecule has 0 aliphatic carbocycles. The lowest BCUT2D eigenvalue weighted by molar-refractivity contribution is 0.0978. The normalized spacial score (nSPS) is 16.1. The number of hydrogen-bond acceptors (Lipinski definition) is 7. The lowest BCUT2D eigenvalue weighted by Gasteiger charge is -2.25. The summed E-state index contributed by atoms with van der Waals surface area (Å²) in [5.41, 5.74) is 2.53. The Hall–Kier alpha value is -2.37. The highest BCUT2D eigenvalue weighted by atomic mass is 32.2. The summed E-state index contributed by atoms with van der Waals surface area (Å²) in [6.45, 7) is 10.3. The lowest BCUT2D eigenvalue weighted by Crippen LogP contribution is -2.39. The van der Waals surface area contributed by atoms with Gasteiger partial charge in [-0.2, -0.15) is 4.31 Å². The Morgan fingerprint density at radius 2 is 1.82 bits per heavy atom. The van der Waals surface area contributed by atoms with E-state index in [0.717, 1.165) is 49.1 Å². The Labute approximate surface area is 230 Å². The Balaban J connectivity index is 1.58. The van der Waals surface area contributed by atoms with Crippen LogP contribution in [0, 0.1) is 0 Å². The molecule has 1 atom stereocenters. The molecule has 3 aromatic rings. The molecule has 4 rings (SSSR count). The number of fused-ring (bicyclic) bond motifs is 1. The van der Waals surface area contributed by atoms with Crippen LogP contribution in [0.4, 0.5) is 5.13 Å². The predicted octanol–water partition coefficient (Wildman–Crippen LogP) is 4.65. The van der Waals surface area contributed by atoms with E-state index in [-0.39, 0.29) is 16.9 Å². The van der Waals surface area contributed by atoms with Gasteiger partial charge in [0.15, 0.2) is 5.13 Å². The molecular weight excluding hydrogens is 520 g/mol. The second-order valence-corrected chi connectivity index (χ2v) is 12.6. The van der Waals surface area contributed by atoms with Gasteiger partial charge in [-0.1, -0.05) is 38.2 Å². The van der Waals surface area contributed by atoms with E-state index in [1.807, 2.05) is 6.07 Å². The Bertz CT molecular complexity index is 1330. The van der Waals surface area contributed by atoms with Crippen molar-refractivity contribution in [3.8, 4) is 0 Å². The van der Waals surface area contributed by atoms with E-state index in [1.165, 1.54) is 33.3 Å². The maximum Gasteiger partial charge on any atom is 0.260 e. The first-order valence-electron chi connectivity index (χ1n) is 13.4. The van der Waals surface area contributed by atoms with Crippen LogP contribution in [0.15, 0.2) is 47.4 Å². The third-order valence-corrected chi connectivity index (χ3v) is 10.0. The second kappa shape index (κ2) is 12.7. The molecule has 1 aliphatic rings. The summed E-state index contributed by atoms with van der Waals surface area (Å²) in [7, 11) is -2.11. The van der Waals surface area contributed by atoms with E-state index in [1.54, 1.807) is 24.1 Å². The summed E-state index contributed by atoms with van der Waals surface area (Å²) < 4.78 is 34.2. The van der Waals surface area contributed by atoms with Gasteiger partial charge in [-0.25, -0.2) is 13.4 Å². The van der Waals surface area contributed by atoms with Crippen molar-refractivity contribution in [3.05, 3.63) is 53.6 Å². The summed E-state index contributed by atoms with van der Waals surface area (Å²) in [5, 5.41) is 0.651. The van der Waals surface area contributed by atoms with E-state index in [4.69, 9.17) is 9.72 Å². The van der Waals surface area contributed by atoms with Crippen LogP contribution in [-0.4, -0.2) is 81.0 Å². The number of thiazole rings is 1. The van der Waals surface area contributed by atoms with Crippen LogP contribution in [-0.2, 0) is 21.2 Å². The number of amides is 1. The molecule has 1 unspecified atom stereocenters. The first-order valence-corrected chi connectivity index (χ1v) is 15.6. The largest absolute Gasteiger partial charge is 0.377 e. The number of ether oxygens (including phenoxy) is 1. The standard InChI is InChI=1S/C28H38N4O4S2/c1-5-21-10-15-25-26(19-21)37-28(29-25)32(17-16-31(6-2)7-3)27(33)22-11-13-24(14-12-22)38(34,35)30(4)20-23-9-8-18-36-23/h10-15,19,23H,5-9,16-18,20H2,1-4H3. The van der Waals surface area contributed by atoms with Crippen molar-refractivity contribution in [3.63, 3.8) is 0 Å². The molecule has 0 N–H and O–H groups in total. The van der Waals surface area contributed by atoms with E-state index in [9.17, 15) is 13.2 Å². The number of carbonyl (C=O) groups excluding carboxylic acids is 1. The number of sulfonamides is 1. The highest BCUT2D eigenvalue weighted by molar-refractivity contribution is 7.89. The molecule has 0 saturated carbocycles. The van der Waals surface area contributed by atoms with Gasteiger partial charge in [-0.15, -0.1) is 0 Å². The van der Waals surface area contributed by atoms with Crippen LogP contribution < -0.4 is 4.90 Å². The van der Waals surface area contributed by atoms with Crippen molar-refractivity contribution in [1.29, 1.82) is 0 Å². The van der Waals surface area contributed by atoms with Gasteiger partial charge < -0.3 is 9.64 Å². The second-order valence-electron chi connectivity index (χ2n) is 9.58. The molecule has 206 valence electrons. The van der Waals surface area contributed by atoms with Gasteiger partial charge in [0.1, 0.15) is 0 Å². The number of aryl methyl sites for hydroxylation is 1. The topological polar surface area (TPSA) is 83.1 Å².